The first-order valence-electron chi connectivity index (χ1n) is 32.1. The van der Waals surface area contributed by atoms with Crippen molar-refractivity contribution < 1.29 is 18.1 Å². The zero-order chi connectivity index (χ0) is 66.9. The molecular formula is C84H60BCl3N6O4. The lowest BCUT2D eigenvalue weighted by Gasteiger charge is -2.32. The van der Waals surface area contributed by atoms with Gasteiger partial charge in [-0.1, -0.05) is 231 Å². The van der Waals surface area contributed by atoms with E-state index >= 15 is 0 Å². The first-order chi connectivity index (χ1) is 47.8. The van der Waals surface area contributed by atoms with Crippen molar-refractivity contribution in [1.29, 1.82) is 0 Å². The average Bonchev–Trinajstić information content (AvgIpc) is 1.58. The summed E-state index contributed by atoms with van der Waals surface area (Å²) in [6.07, 6.45) is 0. The van der Waals surface area contributed by atoms with Gasteiger partial charge < -0.3 is 18.1 Å². The van der Waals surface area contributed by atoms with E-state index in [1.807, 2.05) is 164 Å². The van der Waals surface area contributed by atoms with Crippen LogP contribution in [0.5, 0.6) is 0 Å². The van der Waals surface area contributed by atoms with Crippen LogP contribution in [-0.2, 0) is 9.31 Å². The summed E-state index contributed by atoms with van der Waals surface area (Å²) in [6, 6.07) is 98.8. The van der Waals surface area contributed by atoms with Crippen molar-refractivity contribution >= 4 is 91.3 Å². The Morgan fingerprint density at radius 1 is 0.255 bits per heavy atom. The molecule has 0 atom stereocenters. The molecule has 1 saturated heterocycles. The highest BCUT2D eigenvalue weighted by atomic mass is 35.5. The standard InChI is InChI=1S/C39H24ClN3O.C24H23BO3.C21H13Cl2N3/c40-39-42-37(30-23-28(25-12-4-1-5-13-25)22-29(24-30)26-14-6-2-7-15-26)41-38(43-39)32-19-11-21-34-36(32)35-31(18-10-20-33(35)44-34)27-16-8-3-9-17-27;1-23(2)24(3,4)28-25(27-23)18-13-9-15-20-22(18)21-17(12-8-14-19(21)26-20)16-10-6-5-7-11-16;22-20-24-19(25-21(23)26-20)18-12-16(14-7-3-1-4-8-14)11-17(13-18)15-9-5-2-6-10-15/h1-24H;5-15H,1-4H3;1-13H. The van der Waals surface area contributed by atoms with Gasteiger partial charge in [0, 0.05) is 38.2 Å². The van der Waals surface area contributed by atoms with Crippen LogP contribution in [0, 0.1) is 0 Å². The highest BCUT2D eigenvalue weighted by Gasteiger charge is 2.52. The van der Waals surface area contributed by atoms with Crippen LogP contribution in [0.3, 0.4) is 0 Å². The number of furan rings is 2. The molecule has 98 heavy (non-hydrogen) atoms. The molecule has 0 bridgehead atoms. The number of benzene rings is 12. The first kappa shape index (κ1) is 63.2. The van der Waals surface area contributed by atoms with E-state index in [1.165, 1.54) is 5.56 Å². The normalized spacial score (nSPS) is 13.1. The third-order valence-electron chi connectivity index (χ3n) is 18.0. The van der Waals surface area contributed by atoms with Crippen LogP contribution in [0.25, 0.3) is 145 Å². The van der Waals surface area contributed by atoms with Crippen molar-refractivity contribution in [3.05, 3.63) is 307 Å². The Morgan fingerprint density at radius 2 is 0.541 bits per heavy atom. The number of aromatic nitrogens is 6. The number of nitrogens with zero attached hydrogens (tertiary/aromatic N) is 6. The van der Waals surface area contributed by atoms with E-state index in [0.29, 0.717) is 17.5 Å². The first-order valence-corrected chi connectivity index (χ1v) is 33.3. The zero-order valence-corrected chi connectivity index (χ0v) is 56.0. The molecule has 10 nitrogen and oxygen atoms in total. The summed E-state index contributed by atoms with van der Waals surface area (Å²) in [5.41, 5.74) is 19.2. The summed E-state index contributed by atoms with van der Waals surface area (Å²) in [4.78, 5) is 26.6. The Kier molecular flexibility index (Phi) is 17.4. The minimum Gasteiger partial charge on any atom is -0.456 e. The quantitative estimate of drug-likeness (QED) is 0.122. The van der Waals surface area contributed by atoms with Crippen molar-refractivity contribution in [2.45, 2.75) is 38.9 Å². The maximum absolute atomic E-state index is 6.65. The van der Waals surface area contributed by atoms with Crippen LogP contribution < -0.4 is 5.46 Å². The zero-order valence-electron chi connectivity index (χ0n) is 53.7. The van der Waals surface area contributed by atoms with E-state index in [4.69, 9.17) is 57.9 Å². The molecule has 1 fully saturated rings. The minimum absolute atomic E-state index is 0.0753. The smallest absolute Gasteiger partial charge is 0.456 e. The number of halogens is 3. The highest BCUT2D eigenvalue weighted by Crippen LogP contribution is 2.44. The molecule has 14 heteroatoms. The Hall–Kier alpha value is -10.9. The Morgan fingerprint density at radius 3 is 0.929 bits per heavy atom. The predicted molar refractivity (Wildman–Crippen MR) is 400 cm³/mol. The van der Waals surface area contributed by atoms with E-state index in [1.54, 1.807) is 0 Å². The van der Waals surface area contributed by atoms with Gasteiger partial charge in [-0.2, -0.15) is 24.9 Å². The Balaban J connectivity index is 0.000000126. The van der Waals surface area contributed by atoms with Crippen LogP contribution >= 0.6 is 34.8 Å². The fraction of sp³-hybridized carbons (Fsp3) is 0.0714. The second kappa shape index (κ2) is 27.0. The lowest BCUT2D eigenvalue weighted by molar-refractivity contribution is 0.00578. The topological polar surface area (TPSA) is 122 Å². The van der Waals surface area contributed by atoms with Crippen LogP contribution in [-0.4, -0.2) is 48.2 Å². The molecule has 0 unspecified atom stereocenters. The van der Waals surface area contributed by atoms with Gasteiger partial charge in [0.2, 0.25) is 15.9 Å². The molecular weight excluding hydrogens is 1270 g/mol. The summed E-state index contributed by atoms with van der Waals surface area (Å²) in [5, 5.41) is 4.41. The molecule has 16 aromatic rings. The largest absolute Gasteiger partial charge is 0.495 e. The van der Waals surface area contributed by atoms with Gasteiger partial charge >= 0.3 is 7.12 Å². The van der Waals surface area contributed by atoms with Crippen LogP contribution in [0.1, 0.15) is 27.7 Å². The minimum atomic E-state index is -0.432. The SMILES string of the molecule is CC1(C)OB(c2cccc3oc4cccc(-c5ccccc5)c4c23)OC1(C)C.Clc1nc(-c2cc(-c3ccccc3)cc(-c3ccccc3)c2)nc(-c2cccc3oc4cccc(-c5ccccc5)c4c23)n1.Clc1nc(Cl)nc(-c2cc(-c3ccccc3)cc(-c3ccccc3)c2)n1. The summed E-state index contributed by atoms with van der Waals surface area (Å²) in [7, 11) is -0.432. The molecule has 1 aliphatic heterocycles. The van der Waals surface area contributed by atoms with Gasteiger partial charge in [-0.25, -0.2) is 4.98 Å². The third-order valence-corrected chi connectivity index (χ3v) is 18.5. The van der Waals surface area contributed by atoms with Gasteiger partial charge in [-0.05, 0) is 195 Å². The van der Waals surface area contributed by atoms with E-state index in [9.17, 15) is 0 Å². The van der Waals surface area contributed by atoms with Gasteiger partial charge in [0.25, 0.3) is 0 Å². The molecule has 5 heterocycles. The molecule has 0 radical (unpaired) electrons. The Labute approximate surface area is 582 Å². The van der Waals surface area contributed by atoms with Gasteiger partial charge in [-0.15, -0.1) is 0 Å². The van der Waals surface area contributed by atoms with Gasteiger partial charge in [0.05, 0.1) is 11.2 Å². The van der Waals surface area contributed by atoms with E-state index in [-0.39, 0.29) is 27.1 Å². The number of rotatable bonds is 10. The van der Waals surface area contributed by atoms with E-state index < -0.39 is 7.12 Å². The van der Waals surface area contributed by atoms with Gasteiger partial charge in [0.1, 0.15) is 22.3 Å². The molecule has 0 aliphatic carbocycles. The fourth-order valence-electron chi connectivity index (χ4n) is 12.6. The van der Waals surface area contributed by atoms with E-state index in [0.717, 1.165) is 127 Å². The summed E-state index contributed by atoms with van der Waals surface area (Å²) >= 11 is 18.6. The number of hydrogen-bond donors (Lipinski definition) is 0. The van der Waals surface area contributed by atoms with Crippen LogP contribution in [0.15, 0.2) is 300 Å². The van der Waals surface area contributed by atoms with Crippen molar-refractivity contribution in [3.8, 4) is 101 Å². The monoisotopic (exact) mass is 1330 g/mol. The van der Waals surface area contributed by atoms with Crippen molar-refractivity contribution in [1.82, 2.24) is 29.9 Å². The molecule has 474 valence electrons. The lowest BCUT2D eigenvalue weighted by atomic mass is 9.76. The summed E-state index contributed by atoms with van der Waals surface area (Å²) in [6.45, 7) is 8.32. The maximum Gasteiger partial charge on any atom is 0.495 e. The highest BCUT2D eigenvalue weighted by molar-refractivity contribution is 6.66. The molecule has 0 saturated carbocycles. The summed E-state index contributed by atoms with van der Waals surface area (Å²) < 4.78 is 25.3. The number of hydrogen-bond acceptors (Lipinski definition) is 10. The van der Waals surface area contributed by atoms with Gasteiger partial charge in [-0.3, -0.25) is 0 Å². The average molecular weight is 1330 g/mol. The van der Waals surface area contributed by atoms with Crippen LogP contribution in [0.4, 0.5) is 0 Å². The Bertz CT molecular complexity index is 5420. The third kappa shape index (κ3) is 12.9. The van der Waals surface area contributed by atoms with Crippen molar-refractivity contribution in [2.24, 2.45) is 0 Å². The second-order valence-electron chi connectivity index (χ2n) is 24.8. The second-order valence-corrected chi connectivity index (χ2v) is 25.8. The molecule has 0 spiro atoms. The maximum atomic E-state index is 6.65. The molecule has 0 amide bonds. The van der Waals surface area contributed by atoms with Gasteiger partial charge in [0.15, 0.2) is 17.5 Å². The molecule has 12 aromatic carbocycles. The van der Waals surface area contributed by atoms with Crippen molar-refractivity contribution in [2.75, 3.05) is 0 Å². The van der Waals surface area contributed by atoms with E-state index in [2.05, 4.69) is 180 Å². The number of fused-ring (bicyclic) bond motifs is 6. The summed E-state index contributed by atoms with van der Waals surface area (Å²) in [5.74, 6) is 1.44. The fourth-order valence-corrected chi connectivity index (χ4v) is 13.1. The van der Waals surface area contributed by atoms with Crippen molar-refractivity contribution in [3.63, 3.8) is 0 Å². The predicted octanol–water partition coefficient (Wildman–Crippen LogP) is 22.5. The molecule has 1 aliphatic rings. The van der Waals surface area contributed by atoms with Crippen LogP contribution in [0.2, 0.25) is 15.9 Å². The lowest BCUT2D eigenvalue weighted by Crippen LogP contribution is -2.41. The molecule has 4 aromatic heterocycles. The molecule has 0 N–H and O–H groups in total. The molecule has 17 rings (SSSR count).